The van der Waals surface area contributed by atoms with E-state index in [0.717, 1.165) is 0 Å². The molecule has 0 atom stereocenters. The van der Waals surface area contributed by atoms with E-state index in [-0.39, 0.29) is 5.78 Å². The van der Waals surface area contributed by atoms with Crippen molar-refractivity contribution in [2.75, 3.05) is 5.33 Å². The van der Waals surface area contributed by atoms with Crippen molar-refractivity contribution in [1.82, 2.24) is 0 Å². The maximum atomic E-state index is 11.1. The Labute approximate surface area is 83.3 Å². The van der Waals surface area contributed by atoms with E-state index < -0.39 is 0 Å². The summed E-state index contributed by atoms with van der Waals surface area (Å²) < 4.78 is 0. The standard InChI is InChI=1S/C8H6BrN3O/c9-5-8(13)6-1-3-7(4-2-6)11-12-10/h1-4H,5H2/i8+2. The van der Waals surface area contributed by atoms with E-state index in [1.54, 1.807) is 24.3 Å². The summed E-state index contributed by atoms with van der Waals surface area (Å²) in [5, 5.41) is 3.69. The van der Waals surface area contributed by atoms with Crippen molar-refractivity contribution in [3.05, 3.63) is 40.3 Å². The number of hydrogen-bond acceptors (Lipinski definition) is 2. The lowest BCUT2D eigenvalue weighted by Gasteiger charge is -1.96. The van der Waals surface area contributed by atoms with Gasteiger partial charge in [0.25, 0.3) is 0 Å². The van der Waals surface area contributed by atoms with Crippen LogP contribution < -0.4 is 0 Å². The van der Waals surface area contributed by atoms with Gasteiger partial charge in [0.05, 0.1) is 5.33 Å². The summed E-state index contributed by atoms with van der Waals surface area (Å²) in [4.78, 5) is 13.8. The Balaban J connectivity index is 2.93. The van der Waals surface area contributed by atoms with Crippen molar-refractivity contribution >= 4 is 27.4 Å². The normalized spacial score (nSPS) is 9.00. The maximum Gasteiger partial charge on any atom is 0.173 e. The minimum absolute atomic E-state index is 0.00693. The van der Waals surface area contributed by atoms with Gasteiger partial charge < -0.3 is 0 Å². The first-order valence-electron chi connectivity index (χ1n) is 3.52. The summed E-state index contributed by atoms with van der Waals surface area (Å²) in [6, 6.07) is 6.48. The van der Waals surface area contributed by atoms with E-state index >= 15 is 0 Å². The number of rotatable bonds is 3. The third kappa shape index (κ3) is 2.57. The molecule has 0 aliphatic heterocycles. The molecule has 0 radical (unpaired) electrons. The lowest BCUT2D eigenvalue weighted by Crippen LogP contribution is -1.98. The van der Waals surface area contributed by atoms with E-state index in [1.165, 1.54) is 0 Å². The first-order chi connectivity index (χ1) is 6.27. The zero-order chi connectivity index (χ0) is 9.68. The summed E-state index contributed by atoms with van der Waals surface area (Å²) >= 11 is 3.07. The molecule has 0 amide bonds. The van der Waals surface area contributed by atoms with Gasteiger partial charge in [-0.2, -0.15) is 0 Å². The monoisotopic (exact) mass is 241 g/mol. The number of carbonyl (C=O) groups excluding carboxylic acids is 1. The third-order valence-electron chi connectivity index (χ3n) is 1.47. The van der Waals surface area contributed by atoms with Crippen LogP contribution in [-0.4, -0.2) is 11.1 Å². The van der Waals surface area contributed by atoms with Crippen LogP contribution in [0, 0.1) is 0 Å². The molecule has 0 bridgehead atoms. The fraction of sp³-hybridized carbons (Fsp3) is 0.125. The molecule has 0 N–H and O–H groups in total. The first-order valence-corrected chi connectivity index (χ1v) is 4.64. The maximum absolute atomic E-state index is 11.1. The highest BCUT2D eigenvalue weighted by atomic mass is 79.9. The molecular weight excluding hydrogens is 236 g/mol. The number of azide groups is 1. The fourth-order valence-electron chi connectivity index (χ4n) is 0.843. The lowest BCUT2D eigenvalue weighted by atomic mass is 10.3. The summed E-state index contributed by atoms with van der Waals surface area (Å²) in [7, 11) is 0. The molecule has 0 aliphatic rings. The van der Waals surface area contributed by atoms with Crippen molar-refractivity contribution < 1.29 is 4.79 Å². The van der Waals surface area contributed by atoms with Gasteiger partial charge in [-0.1, -0.05) is 45.3 Å². The zero-order valence-electron chi connectivity index (χ0n) is 6.64. The highest BCUT2D eigenvalue weighted by Crippen LogP contribution is 2.13. The minimum Gasteiger partial charge on any atom is -0.293 e. The number of Topliss-reactive ketones (excluding diaryl/α,β-unsaturated/α-hetero) is 1. The van der Waals surface area contributed by atoms with Gasteiger partial charge in [-0.05, 0) is 5.53 Å². The van der Waals surface area contributed by atoms with Gasteiger partial charge in [-0.15, -0.1) is 0 Å². The van der Waals surface area contributed by atoms with Crippen LogP contribution in [0.3, 0.4) is 0 Å². The summed E-state index contributed by atoms with van der Waals surface area (Å²) in [5.74, 6) is 0.00693. The van der Waals surface area contributed by atoms with Crippen LogP contribution in [0.5, 0.6) is 0 Å². The number of halogens is 1. The van der Waals surface area contributed by atoms with E-state index in [9.17, 15) is 4.79 Å². The van der Waals surface area contributed by atoms with Gasteiger partial charge >= 0.3 is 0 Å². The Bertz CT molecular complexity index is 354. The van der Waals surface area contributed by atoms with Gasteiger partial charge in [0.1, 0.15) is 0 Å². The smallest absolute Gasteiger partial charge is 0.173 e. The van der Waals surface area contributed by atoms with Crippen LogP contribution in [0.4, 0.5) is 5.69 Å². The van der Waals surface area contributed by atoms with Crippen molar-refractivity contribution in [1.29, 1.82) is 0 Å². The molecule has 0 heterocycles. The Hall–Kier alpha value is -1.32. The van der Waals surface area contributed by atoms with Gasteiger partial charge in [0.15, 0.2) is 5.78 Å². The molecule has 0 spiro atoms. The van der Waals surface area contributed by atoms with Crippen molar-refractivity contribution in [3.8, 4) is 0 Å². The molecular formula is C8H6BrN3O. The summed E-state index contributed by atoms with van der Waals surface area (Å²) in [5.41, 5.74) is 9.24. The van der Waals surface area contributed by atoms with Crippen molar-refractivity contribution in [3.63, 3.8) is 0 Å². The molecule has 66 valence electrons. The van der Waals surface area contributed by atoms with Crippen LogP contribution in [0.1, 0.15) is 10.4 Å². The van der Waals surface area contributed by atoms with Crippen LogP contribution in [0.25, 0.3) is 10.4 Å². The van der Waals surface area contributed by atoms with Gasteiger partial charge in [0, 0.05) is 16.2 Å². The molecule has 1 aromatic rings. The minimum atomic E-state index is 0.00693. The SMILES string of the molecule is [N-]=[N+]=Nc1ccc([14C](=O)CBr)cc1. The Morgan fingerprint density at radius 2 is 2.08 bits per heavy atom. The molecule has 0 unspecified atom stereocenters. The van der Waals surface area contributed by atoms with Gasteiger partial charge in [-0.3, -0.25) is 4.79 Å². The lowest BCUT2D eigenvalue weighted by molar-refractivity contribution is 0.102. The Morgan fingerprint density at radius 3 is 2.54 bits per heavy atom. The highest BCUT2D eigenvalue weighted by molar-refractivity contribution is 9.09. The van der Waals surface area contributed by atoms with Crippen LogP contribution in [0.15, 0.2) is 29.4 Å². The fourth-order valence-corrected chi connectivity index (χ4v) is 1.17. The molecule has 13 heavy (non-hydrogen) atoms. The summed E-state index contributed by atoms with van der Waals surface area (Å²) in [6.07, 6.45) is 0. The van der Waals surface area contributed by atoms with E-state index in [1.807, 2.05) is 0 Å². The molecule has 0 fully saturated rings. The molecule has 1 aromatic carbocycles. The topological polar surface area (TPSA) is 65.8 Å². The van der Waals surface area contributed by atoms with E-state index in [0.29, 0.717) is 16.6 Å². The van der Waals surface area contributed by atoms with E-state index in [4.69, 9.17) is 5.53 Å². The quantitative estimate of drug-likeness (QED) is 0.264. The molecule has 0 aromatic heterocycles. The third-order valence-corrected chi connectivity index (χ3v) is 1.98. The second-order valence-corrected chi connectivity index (χ2v) is 2.85. The molecule has 0 saturated carbocycles. The molecule has 1 rings (SSSR count). The van der Waals surface area contributed by atoms with E-state index in [2.05, 4.69) is 26.0 Å². The van der Waals surface area contributed by atoms with Crippen LogP contribution >= 0.6 is 15.9 Å². The molecule has 4 nitrogen and oxygen atoms in total. The largest absolute Gasteiger partial charge is 0.293 e. The highest BCUT2D eigenvalue weighted by Gasteiger charge is 2.01. The predicted molar refractivity (Wildman–Crippen MR) is 53.4 cm³/mol. The van der Waals surface area contributed by atoms with Gasteiger partial charge in [-0.25, -0.2) is 0 Å². The number of ketones is 1. The second-order valence-electron chi connectivity index (χ2n) is 2.29. The zero-order valence-corrected chi connectivity index (χ0v) is 8.23. The van der Waals surface area contributed by atoms with Crippen molar-refractivity contribution in [2.24, 2.45) is 5.11 Å². The van der Waals surface area contributed by atoms with Gasteiger partial charge in [0.2, 0.25) is 0 Å². The van der Waals surface area contributed by atoms with Crippen molar-refractivity contribution in [2.45, 2.75) is 0 Å². The predicted octanol–water partition coefficient (Wildman–Crippen LogP) is 3.21. The summed E-state index contributed by atoms with van der Waals surface area (Å²) in [6.45, 7) is 0. The average molecular weight is 242 g/mol. The number of alkyl halides is 1. The number of hydrogen-bond donors (Lipinski definition) is 0. The number of nitrogens with zero attached hydrogens (tertiary/aromatic N) is 3. The number of benzene rings is 1. The second kappa shape index (κ2) is 4.64. The Morgan fingerprint density at radius 1 is 1.46 bits per heavy atom. The first kappa shape index (κ1) is 9.77. The number of carbonyl (C=O) groups is 1. The van der Waals surface area contributed by atoms with Crippen LogP contribution in [-0.2, 0) is 0 Å². The Kier molecular flexibility index (Phi) is 3.49. The molecule has 0 aliphatic carbocycles. The van der Waals surface area contributed by atoms with Crippen LogP contribution in [0.2, 0.25) is 0 Å². The average Bonchev–Trinajstić information content (AvgIpc) is 2.18. The molecule has 5 heteroatoms. The molecule has 0 saturated heterocycles.